The third-order valence-corrected chi connectivity index (χ3v) is 5.71. The second-order valence-corrected chi connectivity index (χ2v) is 7.99. The van der Waals surface area contributed by atoms with Gasteiger partial charge in [-0.3, -0.25) is 4.90 Å². The molecule has 1 saturated carbocycles. The normalized spacial score (nSPS) is 16.9. The van der Waals surface area contributed by atoms with E-state index in [-0.39, 0.29) is 24.6 Å². The van der Waals surface area contributed by atoms with Crippen LogP contribution in [0.5, 0.6) is 0 Å². The summed E-state index contributed by atoms with van der Waals surface area (Å²) in [6.07, 6.45) is 5.33. The van der Waals surface area contributed by atoms with Crippen molar-refractivity contribution in [3.8, 4) is 11.8 Å². The predicted octanol–water partition coefficient (Wildman–Crippen LogP) is 4.78. The quantitative estimate of drug-likeness (QED) is 0.443. The molecule has 1 atom stereocenters. The molecule has 160 valence electrons. The first-order valence-electron chi connectivity index (χ1n) is 11.1. The lowest BCUT2D eigenvalue weighted by Gasteiger charge is -2.41. The highest BCUT2D eigenvalue weighted by Crippen LogP contribution is 2.44. The van der Waals surface area contributed by atoms with E-state index in [9.17, 15) is 4.79 Å². The van der Waals surface area contributed by atoms with Crippen LogP contribution in [-0.2, 0) is 19.9 Å². The molecule has 0 amide bonds. The van der Waals surface area contributed by atoms with Crippen molar-refractivity contribution < 1.29 is 14.3 Å². The average molecular weight is 400 g/mol. The van der Waals surface area contributed by atoms with Gasteiger partial charge in [0.1, 0.15) is 0 Å². The first kappa shape index (κ1) is 23.4. The molecule has 0 N–H and O–H groups in total. The van der Waals surface area contributed by atoms with Gasteiger partial charge in [0.15, 0.2) is 12.2 Å². The monoisotopic (exact) mass is 399 g/mol. The van der Waals surface area contributed by atoms with Crippen LogP contribution in [0, 0.1) is 17.8 Å². The second-order valence-electron chi connectivity index (χ2n) is 7.99. The third-order valence-electron chi connectivity index (χ3n) is 5.71. The number of nitrogens with zero attached hydrogens (tertiary/aromatic N) is 1. The number of esters is 1. The van der Waals surface area contributed by atoms with Crippen molar-refractivity contribution in [2.75, 3.05) is 26.2 Å². The lowest BCUT2D eigenvalue weighted by molar-refractivity contribution is -0.193. The Morgan fingerprint density at radius 3 is 2.34 bits per heavy atom. The molecular formula is C25H37NO3. The third kappa shape index (κ3) is 6.32. The Morgan fingerprint density at radius 2 is 1.76 bits per heavy atom. The van der Waals surface area contributed by atoms with Gasteiger partial charge in [0.2, 0.25) is 0 Å². The Labute approximate surface area is 177 Å². The maximum absolute atomic E-state index is 13.5. The number of carbonyl (C=O) groups is 1. The Morgan fingerprint density at radius 1 is 1.10 bits per heavy atom. The molecule has 1 aliphatic rings. The van der Waals surface area contributed by atoms with E-state index >= 15 is 0 Å². The molecule has 0 bridgehead atoms. The Bertz CT molecular complexity index is 666. The molecule has 0 aromatic heterocycles. The molecule has 1 aromatic carbocycles. The highest BCUT2D eigenvalue weighted by Gasteiger charge is 2.50. The van der Waals surface area contributed by atoms with Crippen molar-refractivity contribution in [3.63, 3.8) is 0 Å². The number of carbonyl (C=O) groups excluding carboxylic acids is 1. The zero-order valence-electron chi connectivity index (χ0n) is 18.6. The maximum Gasteiger partial charge on any atom is 0.344 e. The summed E-state index contributed by atoms with van der Waals surface area (Å²) in [6, 6.07) is 9.88. The fourth-order valence-corrected chi connectivity index (χ4v) is 4.17. The van der Waals surface area contributed by atoms with Gasteiger partial charge in [-0.15, -0.1) is 0 Å². The molecule has 0 heterocycles. The van der Waals surface area contributed by atoms with Crippen molar-refractivity contribution in [3.05, 3.63) is 35.9 Å². The Hall–Kier alpha value is -1.83. The SMILES string of the molecule is CCN(CC)CC#CCOC(=O)C(OC(C)C)(c1ccccc1)C1CCCCC1. The van der Waals surface area contributed by atoms with E-state index < -0.39 is 5.60 Å². The fourth-order valence-electron chi connectivity index (χ4n) is 4.17. The summed E-state index contributed by atoms with van der Waals surface area (Å²) in [5, 5.41) is 0. The zero-order valence-corrected chi connectivity index (χ0v) is 18.6. The molecule has 2 rings (SSSR count). The van der Waals surface area contributed by atoms with Gasteiger partial charge in [0.05, 0.1) is 12.6 Å². The van der Waals surface area contributed by atoms with Crippen molar-refractivity contribution in [1.82, 2.24) is 4.90 Å². The maximum atomic E-state index is 13.5. The molecule has 0 radical (unpaired) electrons. The van der Waals surface area contributed by atoms with Crippen molar-refractivity contribution >= 4 is 5.97 Å². The van der Waals surface area contributed by atoms with Crippen molar-refractivity contribution in [2.45, 2.75) is 71.5 Å². The number of benzene rings is 1. The number of hydrogen-bond donors (Lipinski definition) is 0. The van der Waals surface area contributed by atoms with Crippen LogP contribution in [0.25, 0.3) is 0 Å². The summed E-state index contributed by atoms with van der Waals surface area (Å²) in [6.45, 7) is 10.9. The summed E-state index contributed by atoms with van der Waals surface area (Å²) in [5.74, 6) is 5.94. The standard InChI is InChI=1S/C25H37NO3/c1-5-26(6-2)19-13-14-20-28-24(27)25(29-21(3)4,22-15-9-7-10-16-22)23-17-11-8-12-18-23/h7,9-10,15-16,21,23H,5-6,8,11-12,17-20H2,1-4H3. The summed E-state index contributed by atoms with van der Waals surface area (Å²) in [4.78, 5) is 15.7. The molecule has 1 aromatic rings. The molecular weight excluding hydrogens is 362 g/mol. The smallest absolute Gasteiger partial charge is 0.344 e. The lowest BCUT2D eigenvalue weighted by Crippen LogP contribution is -2.49. The average Bonchev–Trinajstić information content (AvgIpc) is 2.75. The van der Waals surface area contributed by atoms with Gasteiger partial charge in [-0.25, -0.2) is 4.79 Å². The molecule has 1 fully saturated rings. The molecule has 1 aliphatic carbocycles. The zero-order chi connectivity index (χ0) is 21.1. The molecule has 0 spiro atoms. The van der Waals surface area contributed by atoms with Gasteiger partial charge in [0, 0.05) is 5.92 Å². The molecule has 4 heteroatoms. The van der Waals surface area contributed by atoms with E-state index in [0.717, 1.165) is 44.3 Å². The van der Waals surface area contributed by atoms with Crippen LogP contribution in [0.2, 0.25) is 0 Å². The van der Waals surface area contributed by atoms with E-state index in [1.807, 2.05) is 44.2 Å². The molecule has 4 nitrogen and oxygen atoms in total. The summed E-state index contributed by atoms with van der Waals surface area (Å²) >= 11 is 0. The second kappa shape index (κ2) is 12.0. The Balaban J connectivity index is 2.23. The van der Waals surface area contributed by atoms with Crippen LogP contribution in [0.15, 0.2) is 30.3 Å². The van der Waals surface area contributed by atoms with Gasteiger partial charge in [0.25, 0.3) is 0 Å². The topological polar surface area (TPSA) is 38.8 Å². The van der Waals surface area contributed by atoms with Crippen LogP contribution in [0.1, 0.15) is 65.4 Å². The minimum Gasteiger partial charge on any atom is -0.450 e. The largest absolute Gasteiger partial charge is 0.450 e. The molecule has 0 aliphatic heterocycles. The van der Waals surface area contributed by atoms with E-state index in [1.165, 1.54) is 6.42 Å². The van der Waals surface area contributed by atoms with Crippen molar-refractivity contribution in [1.29, 1.82) is 0 Å². The van der Waals surface area contributed by atoms with Gasteiger partial charge >= 0.3 is 5.97 Å². The highest BCUT2D eigenvalue weighted by atomic mass is 16.6. The van der Waals surface area contributed by atoms with Gasteiger partial charge in [-0.2, -0.15) is 0 Å². The Kier molecular flexibility index (Phi) is 9.70. The first-order valence-corrected chi connectivity index (χ1v) is 11.1. The van der Waals surface area contributed by atoms with Crippen LogP contribution >= 0.6 is 0 Å². The summed E-state index contributed by atoms with van der Waals surface area (Å²) in [5.41, 5.74) is -0.169. The first-order chi connectivity index (χ1) is 14.0. The minimum atomic E-state index is -1.06. The van der Waals surface area contributed by atoms with Crippen molar-refractivity contribution in [2.24, 2.45) is 5.92 Å². The molecule has 1 unspecified atom stereocenters. The van der Waals surface area contributed by atoms with Gasteiger partial charge in [-0.05, 0) is 45.3 Å². The molecule has 29 heavy (non-hydrogen) atoms. The van der Waals surface area contributed by atoms with Crippen LogP contribution in [0.3, 0.4) is 0 Å². The van der Waals surface area contributed by atoms with E-state index in [1.54, 1.807) is 0 Å². The number of hydrogen-bond acceptors (Lipinski definition) is 4. The number of rotatable bonds is 9. The van der Waals surface area contributed by atoms with Gasteiger partial charge in [-0.1, -0.05) is 75.3 Å². The number of ether oxygens (including phenoxy) is 2. The van der Waals surface area contributed by atoms with Crippen LogP contribution in [-0.4, -0.2) is 43.2 Å². The van der Waals surface area contributed by atoms with Gasteiger partial charge < -0.3 is 9.47 Å². The lowest BCUT2D eigenvalue weighted by atomic mass is 9.73. The fraction of sp³-hybridized carbons (Fsp3) is 0.640. The van der Waals surface area contributed by atoms with Crippen LogP contribution in [0.4, 0.5) is 0 Å². The predicted molar refractivity (Wildman–Crippen MR) is 117 cm³/mol. The van der Waals surface area contributed by atoms with E-state index in [0.29, 0.717) is 6.54 Å². The summed E-state index contributed by atoms with van der Waals surface area (Å²) < 4.78 is 12.1. The minimum absolute atomic E-state index is 0.0848. The summed E-state index contributed by atoms with van der Waals surface area (Å²) in [7, 11) is 0. The highest BCUT2D eigenvalue weighted by molar-refractivity contribution is 5.82. The molecule has 0 saturated heterocycles. The van der Waals surface area contributed by atoms with E-state index in [4.69, 9.17) is 9.47 Å². The van der Waals surface area contributed by atoms with E-state index in [2.05, 4.69) is 30.6 Å². The van der Waals surface area contributed by atoms with Crippen LogP contribution < -0.4 is 0 Å².